The van der Waals surface area contributed by atoms with Gasteiger partial charge in [0, 0.05) is 12.3 Å². The highest BCUT2D eigenvalue weighted by Gasteiger charge is 1.99. The number of hydrogen-bond acceptors (Lipinski definition) is 3. The molecule has 0 spiro atoms. The standard InChI is InChI=1S/C6H11ClO3/c7-4-2-1-3-5(8)6(9)10/h8-10H,1-4H2. The Morgan fingerprint density at radius 1 is 1.10 bits per heavy atom. The summed E-state index contributed by atoms with van der Waals surface area (Å²) in [7, 11) is 0. The van der Waals surface area contributed by atoms with E-state index in [0.717, 1.165) is 6.42 Å². The molecule has 0 saturated carbocycles. The highest BCUT2D eigenvalue weighted by Crippen LogP contribution is 2.06. The number of aliphatic hydroxyl groups is 3. The predicted octanol–water partition coefficient (Wildman–Crippen LogP) is 2.24. The van der Waals surface area contributed by atoms with Gasteiger partial charge in [-0.05, 0) is 12.8 Å². The third-order valence-corrected chi connectivity index (χ3v) is 1.32. The molecular weight excluding hydrogens is 156 g/mol. The van der Waals surface area contributed by atoms with E-state index in [1.54, 1.807) is 0 Å². The Morgan fingerprint density at radius 3 is 2.10 bits per heavy atom. The van der Waals surface area contributed by atoms with E-state index >= 15 is 0 Å². The maximum atomic E-state index is 8.69. The van der Waals surface area contributed by atoms with Gasteiger partial charge in [0.15, 0.2) is 5.76 Å². The zero-order chi connectivity index (χ0) is 7.98. The molecule has 0 aromatic carbocycles. The van der Waals surface area contributed by atoms with Crippen LogP contribution in [0.3, 0.4) is 0 Å². The van der Waals surface area contributed by atoms with Crippen LogP contribution < -0.4 is 0 Å². The van der Waals surface area contributed by atoms with Crippen molar-refractivity contribution < 1.29 is 15.3 Å². The largest absolute Gasteiger partial charge is 0.506 e. The van der Waals surface area contributed by atoms with Crippen molar-refractivity contribution in [3.8, 4) is 0 Å². The Hall–Kier alpha value is -0.570. The molecule has 0 aliphatic rings. The Bertz CT molecular complexity index is 118. The van der Waals surface area contributed by atoms with Crippen molar-refractivity contribution in [2.75, 3.05) is 5.88 Å². The molecule has 0 unspecified atom stereocenters. The first-order chi connectivity index (χ1) is 4.68. The van der Waals surface area contributed by atoms with E-state index < -0.39 is 5.95 Å². The Labute approximate surface area is 64.6 Å². The quantitative estimate of drug-likeness (QED) is 0.341. The van der Waals surface area contributed by atoms with Crippen LogP contribution in [0.2, 0.25) is 0 Å². The molecule has 0 amide bonds. The third-order valence-electron chi connectivity index (χ3n) is 1.06. The fourth-order valence-electron chi connectivity index (χ4n) is 0.499. The first-order valence-corrected chi connectivity index (χ1v) is 3.58. The summed E-state index contributed by atoms with van der Waals surface area (Å²) in [5.74, 6) is -0.834. The second-order valence-corrected chi connectivity index (χ2v) is 2.29. The highest BCUT2D eigenvalue weighted by molar-refractivity contribution is 6.17. The minimum Gasteiger partial charge on any atom is -0.506 e. The van der Waals surface area contributed by atoms with Crippen LogP contribution in [0, 0.1) is 0 Å². The molecule has 3 nitrogen and oxygen atoms in total. The summed E-state index contributed by atoms with van der Waals surface area (Å²) >= 11 is 5.34. The zero-order valence-electron chi connectivity index (χ0n) is 5.55. The topological polar surface area (TPSA) is 60.7 Å². The van der Waals surface area contributed by atoms with Crippen LogP contribution in [0.1, 0.15) is 19.3 Å². The summed E-state index contributed by atoms with van der Waals surface area (Å²) in [6.07, 6.45) is 1.70. The molecule has 0 rings (SSSR count). The minimum absolute atomic E-state index is 0.273. The average molecular weight is 167 g/mol. The minimum atomic E-state index is -0.991. The maximum Gasteiger partial charge on any atom is 0.313 e. The SMILES string of the molecule is OC(O)=C(O)CCCCCl. The van der Waals surface area contributed by atoms with Gasteiger partial charge in [0.05, 0.1) is 0 Å². The first kappa shape index (κ1) is 9.43. The third kappa shape index (κ3) is 4.32. The molecule has 10 heavy (non-hydrogen) atoms. The van der Waals surface area contributed by atoms with Gasteiger partial charge in [-0.1, -0.05) is 0 Å². The summed E-state index contributed by atoms with van der Waals surface area (Å²) in [5, 5.41) is 25.2. The lowest BCUT2D eigenvalue weighted by Crippen LogP contribution is -1.89. The van der Waals surface area contributed by atoms with Crippen LogP contribution in [0.15, 0.2) is 11.7 Å². The van der Waals surface area contributed by atoms with E-state index in [2.05, 4.69) is 0 Å². The fraction of sp³-hybridized carbons (Fsp3) is 0.667. The normalized spacial score (nSPS) is 9.30. The smallest absolute Gasteiger partial charge is 0.313 e. The van der Waals surface area contributed by atoms with Crippen molar-refractivity contribution in [2.45, 2.75) is 19.3 Å². The van der Waals surface area contributed by atoms with E-state index in [-0.39, 0.29) is 12.2 Å². The summed E-state index contributed by atoms with van der Waals surface area (Å²) in [6.45, 7) is 0. The van der Waals surface area contributed by atoms with Gasteiger partial charge < -0.3 is 15.3 Å². The van der Waals surface area contributed by atoms with E-state index in [4.69, 9.17) is 26.9 Å². The molecule has 0 saturated heterocycles. The molecule has 3 N–H and O–H groups in total. The second-order valence-electron chi connectivity index (χ2n) is 1.92. The monoisotopic (exact) mass is 166 g/mol. The van der Waals surface area contributed by atoms with Gasteiger partial charge in [-0.25, -0.2) is 0 Å². The molecule has 60 valence electrons. The van der Waals surface area contributed by atoms with E-state index in [0.29, 0.717) is 12.3 Å². The summed E-state index contributed by atoms with van der Waals surface area (Å²) in [5.41, 5.74) is 0. The summed E-state index contributed by atoms with van der Waals surface area (Å²) in [6, 6.07) is 0. The van der Waals surface area contributed by atoms with Crippen LogP contribution in [-0.2, 0) is 0 Å². The van der Waals surface area contributed by atoms with Gasteiger partial charge in [-0.3, -0.25) is 0 Å². The van der Waals surface area contributed by atoms with Gasteiger partial charge in [-0.2, -0.15) is 0 Å². The van der Waals surface area contributed by atoms with Gasteiger partial charge in [0.2, 0.25) is 0 Å². The molecule has 0 atom stereocenters. The fourth-order valence-corrected chi connectivity index (χ4v) is 0.688. The van der Waals surface area contributed by atoms with Crippen molar-refractivity contribution in [1.29, 1.82) is 0 Å². The Kier molecular flexibility index (Phi) is 4.94. The number of allylic oxidation sites excluding steroid dienone is 1. The molecule has 4 heteroatoms. The van der Waals surface area contributed by atoms with Crippen molar-refractivity contribution >= 4 is 11.6 Å². The Morgan fingerprint density at radius 2 is 1.70 bits per heavy atom. The van der Waals surface area contributed by atoms with Gasteiger partial charge in [0.1, 0.15) is 0 Å². The van der Waals surface area contributed by atoms with Crippen LogP contribution in [0.4, 0.5) is 0 Å². The molecule has 0 radical (unpaired) electrons. The number of unbranched alkanes of at least 4 members (excludes halogenated alkanes) is 1. The number of alkyl halides is 1. The molecule has 0 aliphatic heterocycles. The van der Waals surface area contributed by atoms with Crippen molar-refractivity contribution in [3.05, 3.63) is 11.7 Å². The molecular formula is C6H11ClO3. The van der Waals surface area contributed by atoms with E-state index in [1.165, 1.54) is 0 Å². The molecule has 0 aromatic rings. The van der Waals surface area contributed by atoms with Crippen LogP contribution in [-0.4, -0.2) is 21.2 Å². The zero-order valence-corrected chi connectivity index (χ0v) is 6.30. The second kappa shape index (κ2) is 5.23. The van der Waals surface area contributed by atoms with E-state index in [9.17, 15) is 0 Å². The number of aliphatic hydroxyl groups excluding tert-OH is 2. The van der Waals surface area contributed by atoms with Crippen LogP contribution in [0.5, 0.6) is 0 Å². The molecule has 0 aromatic heterocycles. The average Bonchev–Trinajstić information content (AvgIpc) is 1.88. The lowest BCUT2D eigenvalue weighted by Gasteiger charge is -1.97. The maximum absolute atomic E-state index is 8.69. The predicted molar refractivity (Wildman–Crippen MR) is 39.5 cm³/mol. The Balaban J connectivity index is 3.40. The van der Waals surface area contributed by atoms with Crippen LogP contribution in [0.25, 0.3) is 0 Å². The highest BCUT2D eigenvalue weighted by atomic mass is 35.5. The lowest BCUT2D eigenvalue weighted by atomic mass is 10.2. The van der Waals surface area contributed by atoms with Crippen LogP contribution >= 0.6 is 11.6 Å². The van der Waals surface area contributed by atoms with Gasteiger partial charge in [-0.15, -0.1) is 11.6 Å². The first-order valence-electron chi connectivity index (χ1n) is 3.04. The molecule has 0 aliphatic carbocycles. The van der Waals surface area contributed by atoms with Gasteiger partial charge >= 0.3 is 5.95 Å². The van der Waals surface area contributed by atoms with Gasteiger partial charge in [0.25, 0.3) is 0 Å². The number of hydrogen-bond donors (Lipinski definition) is 3. The van der Waals surface area contributed by atoms with Crippen molar-refractivity contribution in [3.63, 3.8) is 0 Å². The lowest BCUT2D eigenvalue weighted by molar-refractivity contribution is 0.153. The molecule has 0 heterocycles. The van der Waals surface area contributed by atoms with Crippen molar-refractivity contribution in [2.24, 2.45) is 0 Å². The molecule has 0 bridgehead atoms. The number of rotatable bonds is 4. The summed E-state index contributed by atoms with van der Waals surface area (Å²) in [4.78, 5) is 0. The van der Waals surface area contributed by atoms with E-state index in [1.807, 2.05) is 0 Å². The summed E-state index contributed by atoms with van der Waals surface area (Å²) < 4.78 is 0. The number of halogens is 1. The molecule has 0 fully saturated rings. The van der Waals surface area contributed by atoms with Crippen molar-refractivity contribution in [1.82, 2.24) is 0 Å².